The number of nitrogens with one attached hydrogen (secondary N) is 1. The molecule has 0 fully saturated rings. The summed E-state index contributed by atoms with van der Waals surface area (Å²) in [5.41, 5.74) is 7.83. The summed E-state index contributed by atoms with van der Waals surface area (Å²) in [5.74, 6) is 1.25. The molecule has 5 aromatic rings. The van der Waals surface area contributed by atoms with Gasteiger partial charge in [0, 0.05) is 18.1 Å². The first-order valence-corrected chi connectivity index (χ1v) is 11.1. The highest BCUT2D eigenvalue weighted by Crippen LogP contribution is 2.31. The summed E-state index contributed by atoms with van der Waals surface area (Å²) in [6, 6.07) is 13.9. The van der Waals surface area contributed by atoms with Gasteiger partial charge >= 0.3 is 0 Å². The molecule has 3 heterocycles. The quantitative estimate of drug-likeness (QED) is 0.173. The molecule has 0 spiro atoms. The van der Waals surface area contributed by atoms with Gasteiger partial charge < -0.3 is 4.42 Å². The number of nitrogens with zero attached hydrogens (tertiary/aromatic N) is 6. The smallest absolute Gasteiger partial charge is 0.288 e. The number of aromatic nitrogens is 4. The maximum Gasteiger partial charge on any atom is 0.288 e. The molecule has 0 aliphatic carbocycles. The van der Waals surface area contributed by atoms with Crippen molar-refractivity contribution in [3.63, 3.8) is 0 Å². The van der Waals surface area contributed by atoms with Crippen molar-refractivity contribution >= 4 is 40.6 Å². The Balaban J connectivity index is 1.39. The number of hydrogen-bond donors (Lipinski definition) is 1. The first kappa shape index (κ1) is 23.1. The molecular formula is C24H18ClN7O4. The number of nitro benzene ring substituents is 1. The standard InChI is InChI=1S/C24H18ClN7O4/c1-13-4-3-5-15(14(13)2)10-19-22(28-24-23(27-19)30-36-31-24)29-26-12-17-7-9-21(35-17)16-6-8-18(25)20(11-16)32(33)34/h3-9,11-12H,10H2,1-2H3,(H,28,29,31)/b26-12+. The van der Waals surface area contributed by atoms with Crippen LogP contribution in [-0.4, -0.2) is 31.4 Å². The molecule has 12 heteroatoms. The SMILES string of the molecule is Cc1cccc(Cc2nc3nonc3nc2N/N=C/c2ccc(-c3ccc(Cl)c([N+](=O)[O-])c3)o2)c1C. The van der Waals surface area contributed by atoms with E-state index in [4.69, 9.17) is 20.6 Å². The Bertz CT molecular complexity index is 1630. The van der Waals surface area contributed by atoms with Gasteiger partial charge in [-0.1, -0.05) is 29.8 Å². The first-order chi connectivity index (χ1) is 17.4. The molecule has 0 unspecified atom stereocenters. The number of rotatable bonds is 7. The van der Waals surface area contributed by atoms with E-state index in [0.29, 0.717) is 40.7 Å². The lowest BCUT2D eigenvalue weighted by Crippen LogP contribution is -2.05. The summed E-state index contributed by atoms with van der Waals surface area (Å²) in [6.45, 7) is 4.11. The molecule has 11 nitrogen and oxygen atoms in total. The number of hydrazone groups is 1. The van der Waals surface area contributed by atoms with Crippen molar-refractivity contribution in [2.24, 2.45) is 5.10 Å². The summed E-state index contributed by atoms with van der Waals surface area (Å²) < 4.78 is 10.5. The fourth-order valence-electron chi connectivity index (χ4n) is 3.61. The van der Waals surface area contributed by atoms with Gasteiger partial charge in [-0.3, -0.25) is 15.5 Å². The zero-order chi connectivity index (χ0) is 25.2. The third-order valence-electron chi connectivity index (χ3n) is 5.68. The average Bonchev–Trinajstić information content (AvgIpc) is 3.51. The number of furan rings is 1. The third-order valence-corrected chi connectivity index (χ3v) is 6.00. The Morgan fingerprint density at radius 3 is 2.72 bits per heavy atom. The van der Waals surface area contributed by atoms with Crippen LogP contribution in [-0.2, 0) is 6.42 Å². The van der Waals surface area contributed by atoms with E-state index in [1.807, 2.05) is 12.1 Å². The number of benzene rings is 2. The van der Waals surface area contributed by atoms with E-state index in [1.165, 1.54) is 23.9 Å². The zero-order valence-electron chi connectivity index (χ0n) is 19.1. The molecule has 180 valence electrons. The molecule has 0 atom stereocenters. The van der Waals surface area contributed by atoms with Crippen LogP contribution in [0.2, 0.25) is 5.02 Å². The molecule has 2 aromatic carbocycles. The normalized spacial score (nSPS) is 11.4. The van der Waals surface area contributed by atoms with Crippen molar-refractivity contribution < 1.29 is 14.0 Å². The highest BCUT2D eigenvalue weighted by Gasteiger charge is 2.16. The number of halogens is 1. The van der Waals surface area contributed by atoms with Crippen LogP contribution < -0.4 is 5.43 Å². The topological polar surface area (TPSA) is 145 Å². The summed E-state index contributed by atoms with van der Waals surface area (Å²) >= 11 is 5.89. The van der Waals surface area contributed by atoms with Crippen LogP contribution in [0.25, 0.3) is 22.6 Å². The fourth-order valence-corrected chi connectivity index (χ4v) is 3.79. The predicted octanol–water partition coefficient (Wildman–Crippen LogP) is 5.49. The lowest BCUT2D eigenvalue weighted by molar-refractivity contribution is -0.384. The van der Waals surface area contributed by atoms with Crippen LogP contribution in [0.3, 0.4) is 0 Å². The van der Waals surface area contributed by atoms with Crippen LogP contribution >= 0.6 is 11.6 Å². The minimum absolute atomic E-state index is 0.0540. The molecule has 0 aliphatic rings. The van der Waals surface area contributed by atoms with Gasteiger partial charge in [-0.2, -0.15) is 5.10 Å². The second-order valence-corrected chi connectivity index (χ2v) is 8.37. The Morgan fingerprint density at radius 2 is 1.92 bits per heavy atom. The zero-order valence-corrected chi connectivity index (χ0v) is 19.9. The molecule has 36 heavy (non-hydrogen) atoms. The van der Waals surface area contributed by atoms with Crippen LogP contribution in [0.4, 0.5) is 11.5 Å². The van der Waals surface area contributed by atoms with Crippen molar-refractivity contribution in [2.45, 2.75) is 20.3 Å². The van der Waals surface area contributed by atoms with Crippen molar-refractivity contribution in [1.82, 2.24) is 20.3 Å². The van der Waals surface area contributed by atoms with Gasteiger partial charge in [0.05, 0.1) is 16.8 Å². The first-order valence-electron chi connectivity index (χ1n) is 10.8. The largest absolute Gasteiger partial charge is 0.455 e. The van der Waals surface area contributed by atoms with Crippen molar-refractivity contribution in [3.05, 3.63) is 91.8 Å². The van der Waals surface area contributed by atoms with E-state index < -0.39 is 4.92 Å². The summed E-state index contributed by atoms with van der Waals surface area (Å²) in [5, 5.41) is 23.0. The van der Waals surface area contributed by atoms with E-state index in [-0.39, 0.29) is 16.4 Å². The van der Waals surface area contributed by atoms with E-state index in [1.54, 1.807) is 18.2 Å². The molecular weight excluding hydrogens is 486 g/mol. The van der Waals surface area contributed by atoms with E-state index in [0.717, 1.165) is 11.1 Å². The molecule has 3 aromatic heterocycles. The minimum Gasteiger partial charge on any atom is -0.455 e. The summed E-state index contributed by atoms with van der Waals surface area (Å²) in [4.78, 5) is 19.6. The lowest BCUT2D eigenvalue weighted by atomic mass is 9.99. The van der Waals surface area contributed by atoms with E-state index in [2.05, 4.69) is 50.7 Å². The third kappa shape index (κ3) is 4.64. The lowest BCUT2D eigenvalue weighted by Gasteiger charge is -2.10. The molecule has 0 saturated heterocycles. The number of fused-ring (bicyclic) bond motifs is 1. The molecule has 0 saturated carbocycles. The highest BCUT2D eigenvalue weighted by molar-refractivity contribution is 6.32. The summed E-state index contributed by atoms with van der Waals surface area (Å²) in [7, 11) is 0. The Labute approximate surface area is 208 Å². The molecule has 0 amide bonds. The average molecular weight is 504 g/mol. The van der Waals surface area contributed by atoms with Crippen LogP contribution in [0.15, 0.2) is 62.7 Å². The van der Waals surface area contributed by atoms with Gasteiger partial charge in [-0.15, -0.1) is 0 Å². The van der Waals surface area contributed by atoms with Gasteiger partial charge in [0.2, 0.25) is 11.3 Å². The maximum atomic E-state index is 11.2. The van der Waals surface area contributed by atoms with Gasteiger partial charge in [-0.05, 0) is 65.1 Å². The fraction of sp³-hybridized carbons (Fsp3) is 0.125. The molecule has 0 aliphatic heterocycles. The van der Waals surface area contributed by atoms with Crippen LogP contribution in [0.5, 0.6) is 0 Å². The molecule has 0 bridgehead atoms. The minimum atomic E-state index is -0.543. The number of aryl methyl sites for hydroxylation is 1. The van der Waals surface area contributed by atoms with Gasteiger partial charge in [0.25, 0.3) is 5.69 Å². The number of nitro groups is 1. The Kier molecular flexibility index (Phi) is 6.13. The van der Waals surface area contributed by atoms with Crippen LogP contribution in [0.1, 0.15) is 28.1 Å². The van der Waals surface area contributed by atoms with Crippen molar-refractivity contribution in [3.8, 4) is 11.3 Å². The van der Waals surface area contributed by atoms with Gasteiger partial charge in [0.15, 0.2) is 5.82 Å². The Hall–Kier alpha value is -4.64. The number of hydrogen-bond acceptors (Lipinski definition) is 10. The maximum absolute atomic E-state index is 11.2. The van der Waals surface area contributed by atoms with E-state index >= 15 is 0 Å². The van der Waals surface area contributed by atoms with Crippen molar-refractivity contribution in [2.75, 3.05) is 5.43 Å². The molecule has 1 N–H and O–H groups in total. The second-order valence-electron chi connectivity index (χ2n) is 7.96. The van der Waals surface area contributed by atoms with Gasteiger partial charge in [0.1, 0.15) is 16.5 Å². The van der Waals surface area contributed by atoms with Crippen LogP contribution in [0, 0.1) is 24.0 Å². The molecule has 5 rings (SSSR count). The molecule has 0 radical (unpaired) electrons. The monoisotopic (exact) mass is 503 g/mol. The van der Waals surface area contributed by atoms with Crippen molar-refractivity contribution in [1.29, 1.82) is 0 Å². The Morgan fingerprint density at radius 1 is 1.11 bits per heavy atom. The highest BCUT2D eigenvalue weighted by atomic mass is 35.5. The predicted molar refractivity (Wildman–Crippen MR) is 133 cm³/mol. The summed E-state index contributed by atoms with van der Waals surface area (Å²) in [6.07, 6.45) is 1.96. The van der Waals surface area contributed by atoms with E-state index in [9.17, 15) is 10.1 Å². The van der Waals surface area contributed by atoms with Gasteiger partial charge in [-0.25, -0.2) is 14.6 Å². The second kappa shape index (κ2) is 9.55. The number of anilines is 1.